The number of hydrogen-bond acceptors (Lipinski definition) is 3. The summed E-state index contributed by atoms with van der Waals surface area (Å²) in [6, 6.07) is -2.26. The second kappa shape index (κ2) is 3.29. The van der Waals surface area contributed by atoms with Gasteiger partial charge < -0.3 is 0 Å². The minimum absolute atomic E-state index is 0.658. The van der Waals surface area contributed by atoms with Gasteiger partial charge in [0.15, 0.2) is 0 Å². The van der Waals surface area contributed by atoms with Crippen LogP contribution in [0.1, 0.15) is 0 Å². The quantitative estimate of drug-likeness (QED) is 0.245. The van der Waals surface area contributed by atoms with Gasteiger partial charge in [0.25, 0.3) is 5.78 Å². The van der Waals surface area contributed by atoms with Crippen molar-refractivity contribution in [1.82, 2.24) is 0 Å². The van der Waals surface area contributed by atoms with Gasteiger partial charge in [-0.2, -0.15) is 4.39 Å². The van der Waals surface area contributed by atoms with Crippen molar-refractivity contribution >= 4 is 29.2 Å². The van der Waals surface area contributed by atoms with E-state index in [0.717, 1.165) is 0 Å². The van der Waals surface area contributed by atoms with E-state index in [4.69, 9.17) is 11.6 Å². The molecular formula is C4H2ClFO3. The van der Waals surface area contributed by atoms with E-state index < -0.39 is 23.5 Å². The number of halogens is 2. The summed E-state index contributed by atoms with van der Waals surface area (Å²) in [4.78, 5) is 29.4. The minimum atomic E-state index is -2.26. The molecule has 0 N–H and O–H groups in total. The van der Waals surface area contributed by atoms with Crippen LogP contribution in [-0.4, -0.2) is 23.5 Å². The summed E-state index contributed by atoms with van der Waals surface area (Å²) in [5.74, 6) is -3.57. The van der Waals surface area contributed by atoms with Crippen LogP contribution < -0.4 is 0 Å². The number of alkyl halides is 1. The zero-order chi connectivity index (χ0) is 7.44. The number of Topliss-reactive ketones (excluding diaryl/α,β-unsaturated/α-hetero) is 2. The molecule has 0 aliphatic rings. The highest BCUT2D eigenvalue weighted by molar-refractivity contribution is 6.65. The minimum Gasteiger partial charge on any atom is -0.289 e. The lowest BCUT2D eigenvalue weighted by Crippen LogP contribution is -2.21. The molecule has 0 saturated heterocycles. The Morgan fingerprint density at radius 2 is 1.78 bits per heavy atom. The van der Waals surface area contributed by atoms with Crippen LogP contribution >= 0.6 is 11.6 Å². The van der Waals surface area contributed by atoms with Gasteiger partial charge in [-0.15, -0.1) is 11.6 Å². The Labute approximate surface area is 54.8 Å². The highest BCUT2D eigenvalue weighted by Crippen LogP contribution is 1.84. The Morgan fingerprint density at radius 3 is 1.89 bits per heavy atom. The third kappa shape index (κ3) is 2.32. The van der Waals surface area contributed by atoms with Crippen LogP contribution in [0.2, 0.25) is 0 Å². The van der Waals surface area contributed by atoms with Crippen molar-refractivity contribution < 1.29 is 18.8 Å². The van der Waals surface area contributed by atoms with Crippen LogP contribution in [0.4, 0.5) is 4.39 Å². The Hall–Kier alpha value is -0.770. The summed E-state index contributed by atoms with van der Waals surface area (Å²) in [5.41, 5.74) is 0. The highest BCUT2D eigenvalue weighted by atomic mass is 35.5. The molecule has 0 aliphatic heterocycles. The lowest BCUT2D eigenvalue weighted by atomic mass is 10.3. The monoisotopic (exact) mass is 152 g/mol. The van der Waals surface area contributed by atoms with Gasteiger partial charge in [-0.05, 0) is 0 Å². The predicted molar refractivity (Wildman–Crippen MR) is 26.8 cm³/mol. The second-order valence-electron chi connectivity index (χ2n) is 1.16. The maximum absolute atomic E-state index is 11.3. The van der Waals surface area contributed by atoms with Gasteiger partial charge in [0, 0.05) is 0 Å². The number of carbonyl (C=O) groups excluding carboxylic acids is 3. The molecule has 50 valence electrons. The van der Waals surface area contributed by atoms with Crippen LogP contribution in [0.25, 0.3) is 0 Å². The summed E-state index contributed by atoms with van der Waals surface area (Å²) in [5, 5.41) is 0. The van der Waals surface area contributed by atoms with Crippen molar-refractivity contribution in [3.63, 3.8) is 0 Å². The lowest BCUT2D eigenvalue weighted by Gasteiger charge is -1.83. The Balaban J connectivity index is 4.05. The van der Waals surface area contributed by atoms with Crippen molar-refractivity contribution in [1.29, 1.82) is 0 Å². The number of carbonyl (C=O) groups is 3. The molecule has 0 aromatic heterocycles. The molecule has 0 bridgehead atoms. The van der Waals surface area contributed by atoms with E-state index in [1.54, 1.807) is 0 Å². The molecule has 0 rings (SSSR count). The molecule has 0 unspecified atom stereocenters. The van der Waals surface area contributed by atoms with Gasteiger partial charge in [0.1, 0.15) is 0 Å². The van der Waals surface area contributed by atoms with Gasteiger partial charge in [-0.1, -0.05) is 0 Å². The zero-order valence-corrected chi connectivity index (χ0v) is 4.94. The van der Waals surface area contributed by atoms with E-state index in [9.17, 15) is 18.8 Å². The number of ketones is 2. The smallest absolute Gasteiger partial charge is 0.289 e. The largest absolute Gasteiger partial charge is 0.375 e. The summed E-state index contributed by atoms with van der Waals surface area (Å²) in [7, 11) is 0. The van der Waals surface area contributed by atoms with Crippen LogP contribution in [-0.2, 0) is 14.4 Å². The summed E-state index contributed by atoms with van der Waals surface area (Å²) in [6.07, 6.45) is 0. The molecule has 5 heteroatoms. The maximum Gasteiger partial charge on any atom is 0.375 e. The molecule has 0 aliphatic carbocycles. The average Bonchev–Trinajstić information content (AvgIpc) is 1.84. The first-order valence-corrected chi connectivity index (χ1v) is 2.46. The van der Waals surface area contributed by atoms with Crippen molar-refractivity contribution in [2.75, 3.05) is 5.88 Å². The fourth-order valence-corrected chi connectivity index (χ4v) is 0.292. The second-order valence-corrected chi connectivity index (χ2v) is 1.43. The van der Waals surface area contributed by atoms with E-state index in [2.05, 4.69) is 0 Å². The van der Waals surface area contributed by atoms with E-state index in [1.165, 1.54) is 0 Å². The van der Waals surface area contributed by atoms with Crippen molar-refractivity contribution in [3.05, 3.63) is 0 Å². The fourth-order valence-electron chi connectivity index (χ4n) is 0.170. The molecule has 0 radical (unpaired) electrons. The van der Waals surface area contributed by atoms with Crippen molar-refractivity contribution in [2.45, 2.75) is 0 Å². The molecule has 3 nitrogen and oxygen atoms in total. The van der Waals surface area contributed by atoms with E-state index in [1.807, 2.05) is 0 Å². The molecule has 0 atom stereocenters. The summed E-state index contributed by atoms with van der Waals surface area (Å²) >= 11 is 4.80. The van der Waals surface area contributed by atoms with Gasteiger partial charge in [-0.25, -0.2) is 0 Å². The molecule has 0 fully saturated rings. The normalized spacial score (nSPS) is 8.67. The summed E-state index contributed by atoms with van der Waals surface area (Å²) < 4.78 is 11.3. The molecule has 9 heavy (non-hydrogen) atoms. The fraction of sp³-hybridized carbons (Fsp3) is 0.250. The third-order valence-electron chi connectivity index (χ3n) is 0.553. The molecule has 0 amide bonds. The van der Waals surface area contributed by atoms with Gasteiger partial charge in [0.05, 0.1) is 5.88 Å². The van der Waals surface area contributed by atoms with E-state index >= 15 is 0 Å². The SMILES string of the molecule is O=C(F)C(=O)C(=O)CCl. The molecule has 0 aromatic carbocycles. The highest BCUT2D eigenvalue weighted by Gasteiger charge is 2.20. The Bertz CT molecular complexity index is 165. The molecular weight excluding hydrogens is 150 g/mol. The van der Waals surface area contributed by atoms with Crippen molar-refractivity contribution in [2.24, 2.45) is 0 Å². The third-order valence-corrected chi connectivity index (χ3v) is 0.796. The molecule has 0 saturated carbocycles. The topological polar surface area (TPSA) is 51.2 Å². The number of rotatable bonds is 3. The van der Waals surface area contributed by atoms with Gasteiger partial charge in [-0.3, -0.25) is 14.4 Å². The van der Waals surface area contributed by atoms with Crippen LogP contribution in [0.15, 0.2) is 0 Å². The van der Waals surface area contributed by atoms with Crippen molar-refractivity contribution in [3.8, 4) is 0 Å². The first kappa shape index (κ1) is 8.23. The summed E-state index contributed by atoms with van der Waals surface area (Å²) in [6.45, 7) is 0. The molecule has 0 spiro atoms. The Kier molecular flexibility index (Phi) is 3.01. The molecule has 0 heterocycles. The maximum atomic E-state index is 11.3. The number of hydrogen-bond donors (Lipinski definition) is 0. The first-order chi connectivity index (χ1) is 4.09. The Morgan fingerprint density at radius 1 is 1.33 bits per heavy atom. The first-order valence-electron chi connectivity index (χ1n) is 1.92. The molecule has 0 aromatic rings. The van der Waals surface area contributed by atoms with Crippen LogP contribution in [0.5, 0.6) is 0 Å². The van der Waals surface area contributed by atoms with Crippen LogP contribution in [0.3, 0.4) is 0 Å². The predicted octanol–water partition coefficient (Wildman–Crippen LogP) is -0.141. The standard InChI is InChI=1S/C4H2ClFO3/c5-1-2(7)3(8)4(6)9/h1H2. The van der Waals surface area contributed by atoms with E-state index in [0.29, 0.717) is 0 Å². The van der Waals surface area contributed by atoms with Gasteiger partial charge >= 0.3 is 6.04 Å². The van der Waals surface area contributed by atoms with Crippen LogP contribution in [0, 0.1) is 0 Å². The van der Waals surface area contributed by atoms with Gasteiger partial charge in [0.2, 0.25) is 5.78 Å². The lowest BCUT2D eigenvalue weighted by molar-refractivity contribution is -0.148. The average molecular weight is 153 g/mol. The zero-order valence-electron chi connectivity index (χ0n) is 4.19. The van der Waals surface area contributed by atoms with E-state index in [-0.39, 0.29) is 0 Å².